The highest BCUT2D eigenvalue weighted by Gasteiger charge is 2.21. The van der Waals surface area contributed by atoms with Gasteiger partial charge in [-0.1, -0.05) is 40.5 Å². The molecule has 3 rings (SSSR count). The zero-order valence-corrected chi connectivity index (χ0v) is 17.9. The summed E-state index contributed by atoms with van der Waals surface area (Å²) in [5.41, 5.74) is 1.60. The molecule has 160 valence electrons. The van der Waals surface area contributed by atoms with E-state index in [4.69, 9.17) is 33.0 Å². The average molecular weight is 464 g/mol. The van der Waals surface area contributed by atoms with Crippen molar-refractivity contribution in [2.24, 2.45) is 0 Å². The number of rotatable bonds is 5. The number of hydroxylamine groups is 2. The number of urea groups is 1. The molecule has 1 heterocycles. The number of aromatic nitrogens is 2. The summed E-state index contributed by atoms with van der Waals surface area (Å²) in [4.78, 5) is 16.0. The zero-order valence-electron chi connectivity index (χ0n) is 16.4. The Morgan fingerprint density at radius 3 is 2.74 bits per heavy atom. The van der Waals surface area contributed by atoms with Crippen molar-refractivity contribution in [3.8, 4) is 28.6 Å². The van der Waals surface area contributed by atoms with Crippen LogP contribution in [0, 0.1) is 24.1 Å². The molecule has 0 radical (unpaired) electrons. The molecule has 2 amide bonds. The van der Waals surface area contributed by atoms with E-state index in [1.54, 1.807) is 44.2 Å². The smallest absolute Gasteiger partial charge is 0.339 e. The first kappa shape index (κ1) is 22.5. The first-order valence-electron chi connectivity index (χ1n) is 8.94. The number of carbonyl (C=O) groups is 1. The number of aryl methyl sites for hydroxylation is 1. The van der Waals surface area contributed by atoms with Crippen LogP contribution in [0.25, 0.3) is 22.5 Å². The summed E-state index contributed by atoms with van der Waals surface area (Å²) in [6, 6.07) is 7.86. The third-order valence-electron chi connectivity index (χ3n) is 4.38. The van der Waals surface area contributed by atoms with E-state index in [0.29, 0.717) is 16.7 Å². The van der Waals surface area contributed by atoms with Gasteiger partial charge in [0.2, 0.25) is 11.7 Å². The minimum Gasteiger partial charge on any atom is -0.339 e. The van der Waals surface area contributed by atoms with E-state index in [2.05, 4.69) is 15.5 Å². The van der Waals surface area contributed by atoms with E-state index < -0.39 is 24.4 Å². The zero-order chi connectivity index (χ0) is 22.7. The van der Waals surface area contributed by atoms with Gasteiger partial charge in [0.25, 0.3) is 0 Å². The van der Waals surface area contributed by atoms with E-state index in [9.17, 15) is 14.4 Å². The molecular formula is C20H16Cl2FN5O3. The fourth-order valence-corrected chi connectivity index (χ4v) is 3.50. The van der Waals surface area contributed by atoms with Gasteiger partial charge in [0, 0.05) is 17.0 Å². The molecule has 3 aromatic rings. The Morgan fingerprint density at radius 1 is 1.39 bits per heavy atom. The Morgan fingerprint density at radius 2 is 2.13 bits per heavy atom. The second-order valence-electron chi connectivity index (χ2n) is 6.57. The number of hydrogen-bond donors (Lipinski definition) is 2. The van der Waals surface area contributed by atoms with E-state index >= 15 is 0 Å². The molecule has 1 aromatic heterocycles. The highest BCUT2D eigenvalue weighted by molar-refractivity contribution is 6.32. The van der Waals surface area contributed by atoms with Crippen molar-refractivity contribution in [3.05, 3.63) is 57.6 Å². The molecule has 0 aliphatic carbocycles. The van der Waals surface area contributed by atoms with Crippen LogP contribution in [0.4, 0.5) is 9.18 Å². The van der Waals surface area contributed by atoms with E-state index in [-0.39, 0.29) is 32.4 Å². The molecule has 0 spiro atoms. The Kier molecular flexibility index (Phi) is 6.75. The lowest BCUT2D eigenvalue weighted by Crippen LogP contribution is -2.39. The van der Waals surface area contributed by atoms with Crippen LogP contribution in [0.2, 0.25) is 10.0 Å². The van der Waals surface area contributed by atoms with Crippen molar-refractivity contribution < 1.29 is 18.9 Å². The lowest BCUT2D eigenvalue weighted by molar-refractivity contribution is -0.0322. The van der Waals surface area contributed by atoms with Gasteiger partial charge >= 0.3 is 6.03 Å². The summed E-state index contributed by atoms with van der Waals surface area (Å²) in [5, 5.41) is 25.1. The molecule has 1 atom stereocenters. The van der Waals surface area contributed by atoms with Crippen LogP contribution in [0.3, 0.4) is 0 Å². The van der Waals surface area contributed by atoms with Crippen LogP contribution in [-0.2, 0) is 0 Å². The first-order chi connectivity index (χ1) is 14.7. The monoisotopic (exact) mass is 463 g/mol. The SMILES string of the molecule is Cc1nc(-c2c(F)cc(Cl)cc2-c2ccc(C(C)NC(=O)N(O)CC#N)c(Cl)c2)no1. The summed E-state index contributed by atoms with van der Waals surface area (Å²) in [5.74, 6) is -0.268. The maximum Gasteiger partial charge on any atom is 0.342 e. The number of nitrogens with one attached hydrogen (secondary N) is 1. The number of carbonyl (C=O) groups excluding carboxylic acids is 1. The van der Waals surface area contributed by atoms with Gasteiger partial charge in [0.1, 0.15) is 12.4 Å². The molecule has 31 heavy (non-hydrogen) atoms. The Bertz CT molecular complexity index is 1180. The van der Waals surface area contributed by atoms with Gasteiger partial charge in [-0.15, -0.1) is 0 Å². The van der Waals surface area contributed by atoms with Gasteiger partial charge in [0.15, 0.2) is 0 Å². The predicted octanol–water partition coefficient (Wildman–Crippen LogP) is 5.14. The fraction of sp³-hybridized carbons (Fsp3) is 0.200. The summed E-state index contributed by atoms with van der Waals surface area (Å²) in [7, 11) is 0. The molecule has 0 aliphatic heterocycles. The van der Waals surface area contributed by atoms with Gasteiger partial charge in [-0.25, -0.2) is 9.18 Å². The standard InChI is InChI=1S/C20H16Cl2FN5O3/c1-10(25-20(29)28(30)6-5-24)14-4-3-12(7-16(14)22)15-8-13(21)9-17(23)18(15)19-26-11(2)31-27-19/h3-4,7-10,30H,6H2,1-2H3,(H,25,29). The minimum atomic E-state index is -0.846. The molecule has 8 nitrogen and oxygen atoms in total. The summed E-state index contributed by atoms with van der Waals surface area (Å²) in [6.07, 6.45) is 0. The van der Waals surface area contributed by atoms with E-state index in [1.807, 2.05) is 0 Å². The fourth-order valence-electron chi connectivity index (χ4n) is 2.95. The van der Waals surface area contributed by atoms with E-state index in [0.717, 1.165) is 6.07 Å². The van der Waals surface area contributed by atoms with Gasteiger partial charge in [-0.2, -0.15) is 15.3 Å². The molecule has 2 N–H and O–H groups in total. The predicted molar refractivity (Wildman–Crippen MR) is 111 cm³/mol. The van der Waals surface area contributed by atoms with Crippen LogP contribution in [0.5, 0.6) is 0 Å². The third-order valence-corrected chi connectivity index (χ3v) is 4.92. The van der Waals surface area contributed by atoms with Gasteiger partial charge in [-0.3, -0.25) is 5.21 Å². The van der Waals surface area contributed by atoms with Crippen molar-refractivity contribution >= 4 is 29.2 Å². The van der Waals surface area contributed by atoms with Crippen LogP contribution < -0.4 is 5.32 Å². The lowest BCUT2D eigenvalue weighted by Gasteiger charge is -2.19. The lowest BCUT2D eigenvalue weighted by atomic mass is 9.96. The maximum absolute atomic E-state index is 14.7. The Hall–Kier alpha value is -3.19. The molecule has 0 bridgehead atoms. The van der Waals surface area contributed by atoms with Crippen molar-refractivity contribution in [1.82, 2.24) is 20.5 Å². The second-order valence-corrected chi connectivity index (χ2v) is 7.41. The Labute approximate surface area is 186 Å². The second kappa shape index (κ2) is 9.31. The molecule has 1 unspecified atom stereocenters. The number of hydrogen-bond acceptors (Lipinski definition) is 6. The molecule has 0 fully saturated rings. The van der Waals surface area contributed by atoms with Crippen LogP contribution in [-0.4, -0.2) is 33.0 Å². The van der Waals surface area contributed by atoms with Crippen LogP contribution in [0.1, 0.15) is 24.4 Å². The minimum absolute atomic E-state index is 0.0722. The summed E-state index contributed by atoms with van der Waals surface area (Å²) < 4.78 is 19.7. The van der Waals surface area contributed by atoms with Crippen molar-refractivity contribution in [2.45, 2.75) is 19.9 Å². The number of benzene rings is 2. The van der Waals surface area contributed by atoms with Crippen LogP contribution in [0.15, 0.2) is 34.9 Å². The number of halogens is 3. The topological polar surface area (TPSA) is 115 Å². The van der Waals surface area contributed by atoms with E-state index in [1.165, 1.54) is 0 Å². The molecule has 11 heteroatoms. The number of nitriles is 1. The Balaban J connectivity index is 1.97. The van der Waals surface area contributed by atoms with Crippen molar-refractivity contribution in [2.75, 3.05) is 6.54 Å². The van der Waals surface area contributed by atoms with Crippen molar-refractivity contribution in [3.63, 3.8) is 0 Å². The van der Waals surface area contributed by atoms with Gasteiger partial charge < -0.3 is 9.84 Å². The molecule has 0 aliphatic rings. The molecule has 0 saturated carbocycles. The largest absolute Gasteiger partial charge is 0.342 e. The van der Waals surface area contributed by atoms with Gasteiger partial charge in [-0.05, 0) is 41.8 Å². The number of nitrogens with zero attached hydrogens (tertiary/aromatic N) is 4. The maximum atomic E-state index is 14.7. The summed E-state index contributed by atoms with van der Waals surface area (Å²) in [6.45, 7) is 2.77. The first-order valence-corrected chi connectivity index (χ1v) is 9.70. The average Bonchev–Trinajstić information content (AvgIpc) is 3.13. The quantitative estimate of drug-likeness (QED) is 0.307. The third kappa shape index (κ3) is 4.94. The molecule has 2 aromatic carbocycles. The highest BCUT2D eigenvalue weighted by Crippen LogP contribution is 2.37. The summed E-state index contributed by atoms with van der Waals surface area (Å²) >= 11 is 12.5. The van der Waals surface area contributed by atoms with Gasteiger partial charge in [0.05, 0.1) is 17.7 Å². The normalized spacial score (nSPS) is 11.6. The van der Waals surface area contributed by atoms with Crippen LogP contribution >= 0.6 is 23.2 Å². The molecule has 0 saturated heterocycles. The highest BCUT2D eigenvalue weighted by atomic mass is 35.5. The molecular weight excluding hydrogens is 448 g/mol. The number of amides is 2. The van der Waals surface area contributed by atoms with Crippen molar-refractivity contribution in [1.29, 1.82) is 5.26 Å².